The molecule has 2 aromatic heterocycles. The number of halogens is 3. The van der Waals surface area contributed by atoms with Crippen LogP contribution in [-0.2, 0) is 17.5 Å². The molecule has 1 fully saturated rings. The third-order valence-electron chi connectivity index (χ3n) is 4.68. The molecule has 1 aliphatic heterocycles. The first-order chi connectivity index (χ1) is 13.2. The minimum Gasteiger partial charge on any atom is -0.507 e. The van der Waals surface area contributed by atoms with Gasteiger partial charge in [0.1, 0.15) is 11.3 Å². The highest BCUT2D eigenvalue weighted by Crippen LogP contribution is 2.38. The summed E-state index contributed by atoms with van der Waals surface area (Å²) in [5, 5.41) is 17.3. The maximum absolute atomic E-state index is 12.9. The molecule has 0 radical (unpaired) electrons. The summed E-state index contributed by atoms with van der Waals surface area (Å²) in [4.78, 5) is 19.9. The number of fused-ring (bicyclic) bond motifs is 1. The summed E-state index contributed by atoms with van der Waals surface area (Å²) in [5.74, 6) is -0.382. The number of aryl methyl sites for hydroxylation is 1. The zero-order valence-corrected chi connectivity index (χ0v) is 14.8. The Morgan fingerprint density at radius 2 is 2.14 bits per heavy atom. The quantitative estimate of drug-likeness (QED) is 0.716. The fourth-order valence-electron chi connectivity index (χ4n) is 3.38. The number of nitrogens with zero attached hydrogens (tertiary/aromatic N) is 4. The van der Waals surface area contributed by atoms with Gasteiger partial charge in [0, 0.05) is 31.0 Å². The number of phenolic OH excluding ortho intramolecular Hbond substituents is 1. The minimum atomic E-state index is -4.55. The molecule has 1 aromatic carbocycles. The number of hydrogen-bond acceptors (Lipinski definition) is 5. The maximum atomic E-state index is 12.9. The zero-order chi connectivity index (χ0) is 20.1. The average molecular weight is 391 g/mol. The van der Waals surface area contributed by atoms with Gasteiger partial charge in [-0.1, -0.05) is 0 Å². The van der Waals surface area contributed by atoms with Crippen molar-refractivity contribution < 1.29 is 23.1 Å². The SMILES string of the molecule is Cc1cc(C(F)(F)F)cc(O)c1-c1cnc2cn(C[C@H]3CNC(=O)C3)nc2n1. The van der Waals surface area contributed by atoms with Gasteiger partial charge in [0.05, 0.1) is 23.7 Å². The lowest BCUT2D eigenvalue weighted by Crippen LogP contribution is -2.16. The standard InChI is InChI=1S/C18H16F3N5O2/c1-9-2-11(18(19,20)21)4-14(27)16(9)12-6-22-13-8-26(25-17(13)24-12)7-10-3-15(28)23-5-10/h2,4,6,8,10,27H,3,5,7H2,1H3,(H,23,28)/t10-/m1/s1. The summed E-state index contributed by atoms with van der Waals surface area (Å²) in [6.07, 6.45) is -1.02. The fourth-order valence-corrected chi connectivity index (χ4v) is 3.38. The predicted molar refractivity (Wildman–Crippen MR) is 93.3 cm³/mol. The molecule has 0 spiro atoms. The molecule has 2 N–H and O–H groups in total. The molecule has 0 bridgehead atoms. The van der Waals surface area contributed by atoms with E-state index in [1.54, 1.807) is 10.9 Å². The molecule has 0 aliphatic carbocycles. The Labute approximate surface area is 157 Å². The third kappa shape index (κ3) is 3.37. The van der Waals surface area contributed by atoms with E-state index in [0.29, 0.717) is 36.7 Å². The van der Waals surface area contributed by atoms with Crippen molar-refractivity contribution >= 4 is 17.1 Å². The molecule has 1 saturated heterocycles. The van der Waals surface area contributed by atoms with Gasteiger partial charge in [0.25, 0.3) is 0 Å². The van der Waals surface area contributed by atoms with Crippen molar-refractivity contribution in [3.63, 3.8) is 0 Å². The Balaban J connectivity index is 1.67. The molecule has 28 heavy (non-hydrogen) atoms. The van der Waals surface area contributed by atoms with Crippen LogP contribution in [0.4, 0.5) is 13.2 Å². The maximum Gasteiger partial charge on any atom is 0.416 e. The van der Waals surface area contributed by atoms with Crippen LogP contribution in [-0.4, -0.2) is 37.3 Å². The molecule has 1 aliphatic rings. The number of carbonyl (C=O) groups is 1. The van der Waals surface area contributed by atoms with Gasteiger partial charge in [0.2, 0.25) is 5.91 Å². The van der Waals surface area contributed by atoms with E-state index in [0.717, 1.165) is 6.07 Å². The number of amides is 1. The number of nitrogens with one attached hydrogen (secondary N) is 1. The lowest BCUT2D eigenvalue weighted by atomic mass is 10.0. The summed E-state index contributed by atoms with van der Waals surface area (Å²) in [6.45, 7) is 2.58. The van der Waals surface area contributed by atoms with Crippen LogP contribution < -0.4 is 5.32 Å². The Morgan fingerprint density at radius 3 is 2.79 bits per heavy atom. The summed E-state index contributed by atoms with van der Waals surface area (Å²) >= 11 is 0. The Hall–Kier alpha value is -3.17. The molecule has 7 nitrogen and oxygen atoms in total. The summed E-state index contributed by atoms with van der Waals surface area (Å²) in [6, 6.07) is 1.64. The second kappa shape index (κ2) is 6.47. The van der Waals surface area contributed by atoms with Gasteiger partial charge in [-0.15, -0.1) is 0 Å². The van der Waals surface area contributed by atoms with E-state index < -0.39 is 17.5 Å². The average Bonchev–Trinajstić information content (AvgIpc) is 3.18. The Bertz CT molecular complexity index is 1050. The van der Waals surface area contributed by atoms with Crippen molar-refractivity contribution in [2.45, 2.75) is 26.1 Å². The second-order valence-electron chi connectivity index (χ2n) is 6.87. The van der Waals surface area contributed by atoms with Crippen LogP contribution in [0.3, 0.4) is 0 Å². The number of aromatic nitrogens is 4. The molecular formula is C18H16F3N5O2. The number of alkyl halides is 3. The first kappa shape index (κ1) is 18.2. The molecule has 4 rings (SSSR count). The van der Waals surface area contributed by atoms with Gasteiger partial charge in [-0.3, -0.25) is 9.48 Å². The van der Waals surface area contributed by atoms with E-state index in [1.165, 1.54) is 13.1 Å². The Morgan fingerprint density at radius 1 is 1.36 bits per heavy atom. The molecule has 3 aromatic rings. The van der Waals surface area contributed by atoms with Crippen LogP contribution >= 0.6 is 0 Å². The highest BCUT2D eigenvalue weighted by molar-refractivity contribution is 5.78. The first-order valence-electron chi connectivity index (χ1n) is 8.59. The van der Waals surface area contributed by atoms with E-state index in [4.69, 9.17) is 0 Å². The number of hydrogen-bond donors (Lipinski definition) is 2. The minimum absolute atomic E-state index is 0.00787. The van der Waals surface area contributed by atoms with Crippen molar-refractivity contribution in [2.75, 3.05) is 6.54 Å². The molecule has 0 saturated carbocycles. The van der Waals surface area contributed by atoms with Gasteiger partial charge < -0.3 is 10.4 Å². The molecule has 146 valence electrons. The highest BCUT2D eigenvalue weighted by Gasteiger charge is 2.32. The van der Waals surface area contributed by atoms with Gasteiger partial charge in [-0.25, -0.2) is 9.97 Å². The van der Waals surface area contributed by atoms with Gasteiger partial charge in [-0.2, -0.15) is 18.3 Å². The molecule has 1 amide bonds. The van der Waals surface area contributed by atoms with Crippen LogP contribution in [0.2, 0.25) is 0 Å². The van der Waals surface area contributed by atoms with Crippen molar-refractivity contribution in [3.8, 4) is 17.0 Å². The summed E-state index contributed by atoms with van der Waals surface area (Å²) < 4.78 is 40.4. The first-order valence-corrected chi connectivity index (χ1v) is 8.59. The van der Waals surface area contributed by atoms with Crippen LogP contribution in [0.1, 0.15) is 17.5 Å². The third-order valence-corrected chi connectivity index (χ3v) is 4.68. The molecule has 1 atom stereocenters. The topological polar surface area (TPSA) is 92.9 Å². The lowest BCUT2D eigenvalue weighted by molar-refractivity contribution is -0.137. The molecule has 10 heteroatoms. The van der Waals surface area contributed by atoms with Crippen molar-refractivity contribution in [1.29, 1.82) is 0 Å². The number of benzene rings is 1. The van der Waals surface area contributed by atoms with Crippen LogP contribution in [0.25, 0.3) is 22.4 Å². The normalized spacial score (nSPS) is 17.3. The number of phenols is 1. The van der Waals surface area contributed by atoms with E-state index in [9.17, 15) is 23.1 Å². The highest BCUT2D eigenvalue weighted by atomic mass is 19.4. The number of carbonyl (C=O) groups excluding carboxylic acids is 1. The van der Waals surface area contributed by atoms with E-state index in [1.807, 2.05) is 0 Å². The molecule has 0 unspecified atom stereocenters. The smallest absolute Gasteiger partial charge is 0.416 e. The van der Waals surface area contributed by atoms with Gasteiger partial charge in [-0.05, 0) is 24.6 Å². The number of aromatic hydroxyl groups is 1. The van der Waals surface area contributed by atoms with E-state index in [-0.39, 0.29) is 28.6 Å². The fraction of sp³-hybridized carbons (Fsp3) is 0.333. The monoisotopic (exact) mass is 391 g/mol. The largest absolute Gasteiger partial charge is 0.507 e. The van der Waals surface area contributed by atoms with E-state index in [2.05, 4.69) is 20.4 Å². The predicted octanol–water partition coefficient (Wildman–Crippen LogP) is 2.66. The second-order valence-corrected chi connectivity index (χ2v) is 6.87. The van der Waals surface area contributed by atoms with Gasteiger partial charge in [0.15, 0.2) is 5.65 Å². The summed E-state index contributed by atoms with van der Waals surface area (Å²) in [5.41, 5.74) is 0.556. The van der Waals surface area contributed by atoms with Crippen LogP contribution in [0.15, 0.2) is 24.5 Å². The molecular weight excluding hydrogens is 375 g/mol. The van der Waals surface area contributed by atoms with Crippen molar-refractivity contribution in [2.24, 2.45) is 5.92 Å². The Kier molecular flexibility index (Phi) is 4.20. The van der Waals surface area contributed by atoms with Crippen LogP contribution in [0, 0.1) is 12.8 Å². The van der Waals surface area contributed by atoms with Crippen LogP contribution in [0.5, 0.6) is 5.75 Å². The van der Waals surface area contributed by atoms with Crippen molar-refractivity contribution in [3.05, 3.63) is 35.7 Å². The van der Waals surface area contributed by atoms with Gasteiger partial charge >= 0.3 is 6.18 Å². The molecule has 3 heterocycles. The number of rotatable bonds is 3. The van der Waals surface area contributed by atoms with E-state index >= 15 is 0 Å². The summed E-state index contributed by atoms with van der Waals surface area (Å²) in [7, 11) is 0. The zero-order valence-electron chi connectivity index (χ0n) is 14.8. The van der Waals surface area contributed by atoms with Crippen molar-refractivity contribution in [1.82, 2.24) is 25.1 Å². The lowest BCUT2D eigenvalue weighted by Gasteiger charge is -2.12.